The van der Waals surface area contributed by atoms with Gasteiger partial charge in [-0.3, -0.25) is 4.90 Å². The Hall–Kier alpha value is -0.160. The van der Waals surface area contributed by atoms with E-state index in [0.29, 0.717) is 6.10 Å². The fourth-order valence-corrected chi connectivity index (χ4v) is 4.74. The van der Waals surface area contributed by atoms with Crippen molar-refractivity contribution in [2.24, 2.45) is 5.73 Å². The van der Waals surface area contributed by atoms with Gasteiger partial charge in [-0.25, -0.2) is 0 Å². The molecule has 3 fully saturated rings. The molecule has 3 saturated heterocycles. The Bertz CT molecular complexity index is 324. The smallest absolute Gasteiger partial charge is 0.0565 e. The fraction of sp³-hybridized carbons (Fsp3) is 1.00. The number of hydrogen-bond acceptors (Lipinski definition) is 4. The molecule has 4 nitrogen and oxygen atoms in total. The van der Waals surface area contributed by atoms with Crippen molar-refractivity contribution in [2.45, 2.75) is 69.6 Å². The van der Waals surface area contributed by atoms with Crippen molar-refractivity contribution in [2.75, 3.05) is 39.3 Å². The van der Waals surface area contributed by atoms with E-state index in [1.807, 2.05) is 0 Å². The predicted molar refractivity (Wildman–Crippen MR) is 86.5 cm³/mol. The number of rotatable bonds is 3. The van der Waals surface area contributed by atoms with Gasteiger partial charge in [0.25, 0.3) is 0 Å². The quantitative estimate of drug-likeness (QED) is 0.862. The van der Waals surface area contributed by atoms with E-state index in [4.69, 9.17) is 10.5 Å². The van der Waals surface area contributed by atoms with Crippen molar-refractivity contribution in [3.05, 3.63) is 0 Å². The minimum Gasteiger partial charge on any atom is -0.378 e. The molecule has 122 valence electrons. The monoisotopic (exact) mass is 295 g/mol. The summed E-state index contributed by atoms with van der Waals surface area (Å²) in [4.78, 5) is 5.45. The molecule has 0 amide bonds. The van der Waals surface area contributed by atoms with E-state index in [0.717, 1.165) is 32.0 Å². The highest BCUT2D eigenvalue weighted by atomic mass is 16.5. The lowest BCUT2D eigenvalue weighted by atomic mass is 9.83. The van der Waals surface area contributed by atoms with Gasteiger partial charge >= 0.3 is 0 Å². The molecular formula is C17H33N3O. The van der Waals surface area contributed by atoms with E-state index in [1.54, 1.807) is 0 Å². The van der Waals surface area contributed by atoms with Crippen molar-refractivity contribution < 1.29 is 4.74 Å². The van der Waals surface area contributed by atoms with Gasteiger partial charge in [0.15, 0.2) is 0 Å². The Morgan fingerprint density at radius 1 is 1.10 bits per heavy atom. The zero-order chi connectivity index (χ0) is 14.7. The summed E-state index contributed by atoms with van der Waals surface area (Å²) in [5, 5.41) is 0. The van der Waals surface area contributed by atoms with E-state index >= 15 is 0 Å². The molecule has 0 aromatic rings. The first-order chi connectivity index (χ1) is 10.2. The maximum atomic E-state index is 6.20. The molecule has 3 rings (SSSR count). The largest absolute Gasteiger partial charge is 0.378 e. The van der Waals surface area contributed by atoms with Crippen molar-refractivity contribution in [1.82, 2.24) is 9.80 Å². The van der Waals surface area contributed by atoms with Crippen molar-refractivity contribution in [3.63, 3.8) is 0 Å². The van der Waals surface area contributed by atoms with Crippen LogP contribution in [0, 0.1) is 0 Å². The SMILES string of the molecule is CC1CC(CN)(N2CCC(N3CCCCC3)CC2)CCO1. The second-order valence-corrected chi connectivity index (χ2v) is 7.38. The summed E-state index contributed by atoms with van der Waals surface area (Å²) in [5.74, 6) is 0. The fourth-order valence-electron chi connectivity index (χ4n) is 4.74. The van der Waals surface area contributed by atoms with Crippen LogP contribution < -0.4 is 5.73 Å². The molecule has 0 radical (unpaired) electrons. The lowest BCUT2D eigenvalue weighted by Crippen LogP contribution is -2.61. The Labute approximate surface area is 130 Å². The normalized spacial score (nSPS) is 37.7. The lowest BCUT2D eigenvalue weighted by molar-refractivity contribution is -0.0751. The van der Waals surface area contributed by atoms with Crippen LogP contribution in [0.3, 0.4) is 0 Å². The van der Waals surface area contributed by atoms with Gasteiger partial charge in [-0.1, -0.05) is 6.42 Å². The highest BCUT2D eigenvalue weighted by Crippen LogP contribution is 2.33. The topological polar surface area (TPSA) is 41.7 Å². The number of nitrogens with zero attached hydrogens (tertiary/aromatic N) is 2. The van der Waals surface area contributed by atoms with Crippen LogP contribution in [0.25, 0.3) is 0 Å². The summed E-state index contributed by atoms with van der Waals surface area (Å²) in [6, 6.07) is 0.827. The number of likely N-dealkylation sites (tertiary alicyclic amines) is 2. The van der Waals surface area contributed by atoms with Gasteiger partial charge in [0.05, 0.1) is 6.10 Å². The van der Waals surface area contributed by atoms with E-state index in [-0.39, 0.29) is 5.54 Å². The van der Waals surface area contributed by atoms with Gasteiger partial charge in [0.2, 0.25) is 0 Å². The minimum atomic E-state index is 0.213. The molecule has 0 bridgehead atoms. The van der Waals surface area contributed by atoms with Crippen molar-refractivity contribution in [3.8, 4) is 0 Å². The number of nitrogens with two attached hydrogens (primary N) is 1. The molecule has 0 aromatic heterocycles. The first kappa shape index (κ1) is 15.7. The highest BCUT2D eigenvalue weighted by Gasteiger charge is 2.41. The molecule has 0 aliphatic carbocycles. The Morgan fingerprint density at radius 3 is 2.43 bits per heavy atom. The molecule has 2 unspecified atom stereocenters. The van der Waals surface area contributed by atoms with Crippen LogP contribution >= 0.6 is 0 Å². The van der Waals surface area contributed by atoms with Crippen LogP contribution in [-0.2, 0) is 4.74 Å². The number of piperidine rings is 2. The Morgan fingerprint density at radius 2 is 1.81 bits per heavy atom. The van der Waals surface area contributed by atoms with Gasteiger partial charge in [-0.05, 0) is 58.5 Å². The van der Waals surface area contributed by atoms with Crippen LogP contribution in [0.5, 0.6) is 0 Å². The summed E-state index contributed by atoms with van der Waals surface area (Å²) in [6.07, 6.45) is 9.49. The van der Waals surface area contributed by atoms with E-state index in [9.17, 15) is 0 Å². The second kappa shape index (κ2) is 6.95. The maximum absolute atomic E-state index is 6.20. The summed E-state index contributed by atoms with van der Waals surface area (Å²) in [5.41, 5.74) is 6.41. The minimum absolute atomic E-state index is 0.213. The predicted octanol–water partition coefficient (Wildman–Crippen LogP) is 1.83. The molecule has 21 heavy (non-hydrogen) atoms. The summed E-state index contributed by atoms with van der Waals surface area (Å²) >= 11 is 0. The van der Waals surface area contributed by atoms with E-state index in [1.165, 1.54) is 58.3 Å². The summed E-state index contributed by atoms with van der Waals surface area (Å²) in [7, 11) is 0. The first-order valence-electron chi connectivity index (χ1n) is 9.04. The standard InChI is InChI=1S/C17H33N3O/c1-15-13-17(14-18,7-12-21-15)20-10-5-16(6-11-20)19-8-3-2-4-9-19/h15-16H,2-14,18H2,1H3. The van der Waals surface area contributed by atoms with E-state index in [2.05, 4.69) is 16.7 Å². The van der Waals surface area contributed by atoms with Crippen LogP contribution in [0.1, 0.15) is 51.9 Å². The first-order valence-corrected chi connectivity index (χ1v) is 9.04. The van der Waals surface area contributed by atoms with Crippen LogP contribution in [0.2, 0.25) is 0 Å². The van der Waals surface area contributed by atoms with Crippen molar-refractivity contribution >= 4 is 0 Å². The van der Waals surface area contributed by atoms with Crippen LogP contribution in [0.15, 0.2) is 0 Å². The molecule has 0 saturated carbocycles. The molecule has 2 N–H and O–H groups in total. The van der Waals surface area contributed by atoms with Gasteiger partial charge in [-0.15, -0.1) is 0 Å². The second-order valence-electron chi connectivity index (χ2n) is 7.38. The number of ether oxygens (including phenoxy) is 1. The van der Waals surface area contributed by atoms with Crippen molar-refractivity contribution in [1.29, 1.82) is 0 Å². The van der Waals surface area contributed by atoms with Crippen LogP contribution in [-0.4, -0.2) is 66.8 Å². The molecule has 0 spiro atoms. The zero-order valence-corrected chi connectivity index (χ0v) is 13.7. The molecule has 0 aromatic carbocycles. The van der Waals surface area contributed by atoms with Gasteiger partial charge in [0, 0.05) is 37.8 Å². The third-order valence-corrected chi connectivity index (χ3v) is 6.06. The average Bonchev–Trinajstić information content (AvgIpc) is 2.56. The van der Waals surface area contributed by atoms with Gasteiger partial charge in [0.1, 0.15) is 0 Å². The van der Waals surface area contributed by atoms with E-state index < -0.39 is 0 Å². The van der Waals surface area contributed by atoms with Crippen LogP contribution in [0.4, 0.5) is 0 Å². The third-order valence-electron chi connectivity index (χ3n) is 6.06. The molecule has 3 aliphatic heterocycles. The highest BCUT2D eigenvalue weighted by molar-refractivity contribution is 4.98. The van der Waals surface area contributed by atoms with Gasteiger partial charge < -0.3 is 15.4 Å². The molecule has 3 heterocycles. The molecule has 3 aliphatic rings. The summed E-state index contributed by atoms with van der Waals surface area (Å²) in [6.45, 7) is 8.98. The summed E-state index contributed by atoms with van der Waals surface area (Å²) < 4.78 is 5.75. The number of hydrogen-bond donors (Lipinski definition) is 1. The van der Waals surface area contributed by atoms with Gasteiger partial charge in [-0.2, -0.15) is 0 Å². The average molecular weight is 295 g/mol. The lowest BCUT2D eigenvalue weighted by Gasteiger charge is -2.51. The Kier molecular flexibility index (Phi) is 5.20. The molecule has 4 heteroatoms. The molecule has 2 atom stereocenters. The Balaban J connectivity index is 1.56. The maximum Gasteiger partial charge on any atom is 0.0565 e. The third kappa shape index (κ3) is 3.44. The zero-order valence-electron chi connectivity index (χ0n) is 13.7. The molecular weight excluding hydrogens is 262 g/mol.